The van der Waals surface area contributed by atoms with Gasteiger partial charge in [0, 0.05) is 0 Å². The molecule has 0 heterocycles. The van der Waals surface area contributed by atoms with Crippen LogP contribution >= 0.6 is 0 Å². The Bertz CT molecular complexity index is 455. The maximum atomic E-state index is 12.9. The number of esters is 1. The van der Waals surface area contributed by atoms with Crippen molar-refractivity contribution in [1.29, 1.82) is 0 Å². The zero-order valence-corrected chi connectivity index (χ0v) is 10.6. The summed E-state index contributed by atoms with van der Waals surface area (Å²) in [5.74, 6) is -2.39. The van der Waals surface area contributed by atoms with E-state index < -0.39 is 23.8 Å². The average molecular weight is 273 g/mol. The van der Waals surface area contributed by atoms with Gasteiger partial charge in [0.25, 0.3) is 0 Å². The summed E-state index contributed by atoms with van der Waals surface area (Å²) in [6, 6.07) is 7.68. The Hall–Kier alpha value is -1.85. The molecule has 6 heteroatoms. The van der Waals surface area contributed by atoms with Gasteiger partial charge in [-0.1, -0.05) is 18.2 Å². The number of benzene rings is 1. The Kier molecular flexibility index (Phi) is 5.09. The quantitative estimate of drug-likeness (QED) is 0.622. The number of ether oxygens (including phenoxy) is 1. The molecule has 0 aromatic heterocycles. The number of para-hydroxylation sites is 1. The second kappa shape index (κ2) is 6.36. The zero-order chi connectivity index (χ0) is 14.5. The standard InChI is InChI=1S/C13H14F3NO2/c1-3-19-12(18)9(2)11(13(14,15)16)17-10-7-5-4-6-8-10/h4-9H,3H2,1-2H3. The normalized spacial score (nSPS) is 14.1. The highest BCUT2D eigenvalue weighted by atomic mass is 19.4. The number of halogens is 3. The monoisotopic (exact) mass is 273 g/mol. The first-order chi connectivity index (χ1) is 8.86. The molecule has 0 radical (unpaired) electrons. The van der Waals surface area contributed by atoms with Crippen LogP contribution in [0.4, 0.5) is 18.9 Å². The van der Waals surface area contributed by atoms with Crippen LogP contribution in [0.5, 0.6) is 0 Å². The average Bonchev–Trinajstić information content (AvgIpc) is 2.35. The van der Waals surface area contributed by atoms with Gasteiger partial charge in [-0.3, -0.25) is 4.79 Å². The summed E-state index contributed by atoms with van der Waals surface area (Å²) in [4.78, 5) is 14.9. The number of carbonyl (C=O) groups is 1. The molecular formula is C13H14F3NO2. The van der Waals surface area contributed by atoms with Crippen molar-refractivity contribution in [3.05, 3.63) is 30.3 Å². The van der Waals surface area contributed by atoms with Gasteiger partial charge in [0.15, 0.2) is 0 Å². The molecule has 0 aliphatic rings. The predicted octanol–water partition coefficient (Wildman–Crippen LogP) is 3.52. The number of hydrogen-bond acceptors (Lipinski definition) is 3. The van der Waals surface area contributed by atoms with Gasteiger partial charge in [-0.05, 0) is 26.0 Å². The van der Waals surface area contributed by atoms with Crippen molar-refractivity contribution in [2.45, 2.75) is 20.0 Å². The number of nitrogens with zero attached hydrogens (tertiary/aromatic N) is 1. The summed E-state index contributed by atoms with van der Waals surface area (Å²) in [5, 5.41) is 0. The molecule has 0 fully saturated rings. The van der Waals surface area contributed by atoms with Gasteiger partial charge in [-0.25, -0.2) is 4.99 Å². The first-order valence-electron chi connectivity index (χ1n) is 5.73. The van der Waals surface area contributed by atoms with Crippen LogP contribution in [0.15, 0.2) is 35.3 Å². The Balaban J connectivity index is 3.10. The Morgan fingerprint density at radius 1 is 1.32 bits per heavy atom. The molecule has 0 amide bonds. The molecule has 1 aromatic carbocycles. The highest BCUT2D eigenvalue weighted by Crippen LogP contribution is 2.26. The lowest BCUT2D eigenvalue weighted by Gasteiger charge is -2.16. The molecule has 104 valence electrons. The zero-order valence-electron chi connectivity index (χ0n) is 10.6. The van der Waals surface area contributed by atoms with E-state index >= 15 is 0 Å². The van der Waals surface area contributed by atoms with Crippen LogP contribution in [-0.4, -0.2) is 24.5 Å². The summed E-state index contributed by atoms with van der Waals surface area (Å²) in [7, 11) is 0. The van der Waals surface area contributed by atoms with Gasteiger partial charge in [-0.2, -0.15) is 13.2 Å². The van der Waals surface area contributed by atoms with Crippen molar-refractivity contribution in [2.24, 2.45) is 10.9 Å². The number of rotatable bonds is 4. The molecule has 1 rings (SSSR count). The molecular weight excluding hydrogens is 259 g/mol. The van der Waals surface area contributed by atoms with Crippen molar-refractivity contribution in [1.82, 2.24) is 0 Å². The molecule has 0 aliphatic heterocycles. The van der Waals surface area contributed by atoms with Gasteiger partial charge in [0.1, 0.15) is 11.6 Å². The van der Waals surface area contributed by atoms with Crippen molar-refractivity contribution in [2.75, 3.05) is 6.61 Å². The first-order valence-corrected chi connectivity index (χ1v) is 5.73. The van der Waals surface area contributed by atoms with Crippen molar-refractivity contribution < 1.29 is 22.7 Å². The number of aliphatic imine (C=N–C) groups is 1. The van der Waals surface area contributed by atoms with E-state index in [0.717, 1.165) is 6.92 Å². The fourth-order valence-corrected chi connectivity index (χ4v) is 1.43. The molecule has 19 heavy (non-hydrogen) atoms. The fourth-order valence-electron chi connectivity index (χ4n) is 1.43. The van der Waals surface area contributed by atoms with Crippen molar-refractivity contribution in [3.63, 3.8) is 0 Å². The number of alkyl halides is 3. The second-order valence-corrected chi connectivity index (χ2v) is 3.80. The summed E-state index contributed by atoms with van der Waals surface area (Å²) in [5.41, 5.74) is -1.01. The van der Waals surface area contributed by atoms with Crippen LogP contribution in [0.1, 0.15) is 13.8 Å². The van der Waals surface area contributed by atoms with Crippen LogP contribution < -0.4 is 0 Å². The number of hydrogen-bond donors (Lipinski definition) is 0. The summed E-state index contributed by atoms with van der Waals surface area (Å²) >= 11 is 0. The molecule has 1 atom stereocenters. The fraction of sp³-hybridized carbons (Fsp3) is 0.385. The molecule has 1 aromatic rings. The van der Waals surface area contributed by atoms with Gasteiger partial charge >= 0.3 is 12.1 Å². The van der Waals surface area contributed by atoms with Crippen LogP contribution in [-0.2, 0) is 9.53 Å². The molecule has 1 unspecified atom stereocenters. The largest absolute Gasteiger partial charge is 0.465 e. The summed E-state index contributed by atoms with van der Waals surface area (Å²) in [6.07, 6.45) is -4.68. The molecule has 0 bridgehead atoms. The van der Waals surface area contributed by atoms with Crippen molar-refractivity contribution >= 4 is 17.4 Å². The van der Waals surface area contributed by atoms with Crippen LogP contribution in [0.3, 0.4) is 0 Å². The van der Waals surface area contributed by atoms with E-state index in [2.05, 4.69) is 9.73 Å². The highest BCUT2D eigenvalue weighted by molar-refractivity contribution is 6.05. The van der Waals surface area contributed by atoms with E-state index in [1.807, 2.05) is 0 Å². The van der Waals surface area contributed by atoms with E-state index in [4.69, 9.17) is 0 Å². The minimum Gasteiger partial charge on any atom is -0.465 e. The van der Waals surface area contributed by atoms with Gasteiger partial charge in [-0.15, -0.1) is 0 Å². The van der Waals surface area contributed by atoms with E-state index in [9.17, 15) is 18.0 Å². The maximum Gasteiger partial charge on any atom is 0.430 e. The van der Waals surface area contributed by atoms with Crippen LogP contribution in [0.25, 0.3) is 0 Å². The second-order valence-electron chi connectivity index (χ2n) is 3.80. The SMILES string of the molecule is CCOC(=O)C(C)C(=Nc1ccccc1)C(F)(F)F. The number of carbonyl (C=O) groups excluding carboxylic acids is 1. The van der Waals surface area contributed by atoms with Crippen molar-refractivity contribution in [3.8, 4) is 0 Å². The van der Waals surface area contributed by atoms with Crippen LogP contribution in [0.2, 0.25) is 0 Å². The Morgan fingerprint density at radius 3 is 2.37 bits per heavy atom. The first kappa shape index (κ1) is 15.2. The molecule has 0 saturated heterocycles. The molecule has 3 nitrogen and oxygen atoms in total. The third kappa shape index (κ3) is 4.39. The van der Waals surface area contributed by atoms with E-state index in [1.54, 1.807) is 18.2 Å². The van der Waals surface area contributed by atoms with Gasteiger partial charge in [0.05, 0.1) is 12.3 Å². The lowest BCUT2D eigenvalue weighted by Crippen LogP contribution is -2.34. The minimum absolute atomic E-state index is 0.0274. The Labute approximate surface area is 109 Å². The minimum atomic E-state index is -4.68. The predicted molar refractivity (Wildman–Crippen MR) is 65.4 cm³/mol. The molecule has 0 spiro atoms. The molecule has 0 aliphatic carbocycles. The summed E-state index contributed by atoms with van der Waals surface area (Å²) in [6.45, 7) is 2.69. The summed E-state index contributed by atoms with van der Waals surface area (Å²) < 4.78 is 43.4. The molecule has 0 N–H and O–H groups in total. The van der Waals surface area contributed by atoms with E-state index in [-0.39, 0.29) is 12.3 Å². The highest BCUT2D eigenvalue weighted by Gasteiger charge is 2.42. The smallest absolute Gasteiger partial charge is 0.430 e. The third-order valence-electron chi connectivity index (χ3n) is 2.35. The molecule has 0 saturated carbocycles. The lowest BCUT2D eigenvalue weighted by molar-refractivity contribution is -0.146. The lowest BCUT2D eigenvalue weighted by atomic mass is 10.1. The van der Waals surface area contributed by atoms with E-state index in [0.29, 0.717) is 0 Å². The topological polar surface area (TPSA) is 38.7 Å². The third-order valence-corrected chi connectivity index (χ3v) is 2.35. The van der Waals surface area contributed by atoms with Crippen LogP contribution in [0, 0.1) is 5.92 Å². The van der Waals surface area contributed by atoms with Gasteiger partial charge < -0.3 is 4.74 Å². The Morgan fingerprint density at radius 2 is 1.89 bits per heavy atom. The van der Waals surface area contributed by atoms with Gasteiger partial charge in [0.2, 0.25) is 0 Å². The maximum absolute atomic E-state index is 12.9. The van der Waals surface area contributed by atoms with E-state index in [1.165, 1.54) is 19.1 Å².